The van der Waals surface area contributed by atoms with Gasteiger partial charge >= 0.3 is 0 Å². The summed E-state index contributed by atoms with van der Waals surface area (Å²) < 4.78 is 0. The number of halogens is 1. The third-order valence-electron chi connectivity index (χ3n) is 3.22. The monoisotopic (exact) mass is 432 g/mol. The Morgan fingerprint density at radius 1 is 1.22 bits per heavy atom. The van der Waals surface area contributed by atoms with Crippen LogP contribution in [0.2, 0.25) is 0 Å². The molecule has 0 heterocycles. The van der Waals surface area contributed by atoms with E-state index in [0.29, 0.717) is 24.6 Å². The maximum absolute atomic E-state index is 11.8. The smallest absolute Gasteiger partial charge is 0.251 e. The van der Waals surface area contributed by atoms with Crippen molar-refractivity contribution in [1.29, 1.82) is 0 Å². The van der Waals surface area contributed by atoms with Gasteiger partial charge in [0, 0.05) is 32.2 Å². The minimum absolute atomic E-state index is 0. The van der Waals surface area contributed by atoms with Gasteiger partial charge in [-0.25, -0.2) is 0 Å². The minimum atomic E-state index is -0.0382. The molecule has 0 spiro atoms. The first-order valence-corrected chi connectivity index (χ1v) is 7.88. The molecule has 0 atom stereocenters. The predicted octanol–water partition coefficient (Wildman–Crippen LogP) is 2.77. The summed E-state index contributed by atoms with van der Waals surface area (Å²) in [5.74, 6) is 1.41. The maximum Gasteiger partial charge on any atom is 0.251 e. The molecular formula is C17H29IN4O. The average molecular weight is 432 g/mol. The molecule has 0 aliphatic rings. The van der Waals surface area contributed by atoms with E-state index < -0.39 is 0 Å². The van der Waals surface area contributed by atoms with Crippen LogP contribution in [0.3, 0.4) is 0 Å². The molecule has 6 heteroatoms. The fourth-order valence-electron chi connectivity index (χ4n) is 1.97. The first kappa shape index (κ1) is 21.7. The van der Waals surface area contributed by atoms with Crippen LogP contribution in [0.4, 0.5) is 0 Å². The zero-order valence-corrected chi connectivity index (χ0v) is 16.8. The summed E-state index contributed by atoms with van der Waals surface area (Å²) in [4.78, 5) is 16.0. The second-order valence-electron chi connectivity index (χ2n) is 5.59. The molecule has 0 aliphatic carbocycles. The van der Waals surface area contributed by atoms with Crippen LogP contribution in [0.25, 0.3) is 0 Å². The zero-order chi connectivity index (χ0) is 16.4. The van der Waals surface area contributed by atoms with Crippen molar-refractivity contribution in [2.45, 2.75) is 33.7 Å². The standard InChI is InChI=1S/C17H28N4O.HI/c1-5-19-16(22)15-8-6-7-14(11-15)12-21-17(18-4)20-10-9-13(2)3;/h6-8,11,13H,5,9-10,12H2,1-4H3,(H,19,22)(H2,18,20,21);1H. The molecule has 1 aromatic carbocycles. The van der Waals surface area contributed by atoms with Gasteiger partial charge in [-0.15, -0.1) is 24.0 Å². The van der Waals surface area contributed by atoms with E-state index in [1.54, 1.807) is 7.05 Å². The van der Waals surface area contributed by atoms with Gasteiger partial charge in [0.05, 0.1) is 0 Å². The molecule has 0 saturated carbocycles. The van der Waals surface area contributed by atoms with Gasteiger partial charge in [0.25, 0.3) is 5.91 Å². The lowest BCUT2D eigenvalue weighted by atomic mass is 10.1. The van der Waals surface area contributed by atoms with Crippen LogP contribution in [0, 0.1) is 5.92 Å². The van der Waals surface area contributed by atoms with Crippen LogP contribution in [0.5, 0.6) is 0 Å². The summed E-state index contributed by atoms with van der Waals surface area (Å²) in [6.45, 7) is 8.48. The molecule has 0 fully saturated rings. The van der Waals surface area contributed by atoms with Crippen LogP contribution in [0.1, 0.15) is 43.1 Å². The van der Waals surface area contributed by atoms with E-state index in [9.17, 15) is 4.79 Å². The highest BCUT2D eigenvalue weighted by Crippen LogP contribution is 2.05. The number of amides is 1. The van der Waals surface area contributed by atoms with Crippen molar-refractivity contribution < 1.29 is 4.79 Å². The molecule has 0 aliphatic heterocycles. The SMILES string of the molecule is CCNC(=O)c1cccc(CNC(=NC)NCCC(C)C)c1.I. The fourth-order valence-corrected chi connectivity index (χ4v) is 1.97. The third kappa shape index (κ3) is 8.78. The Morgan fingerprint density at radius 2 is 1.96 bits per heavy atom. The second kappa shape index (κ2) is 12.2. The maximum atomic E-state index is 11.8. The molecule has 1 amide bonds. The van der Waals surface area contributed by atoms with Gasteiger partial charge in [0.1, 0.15) is 0 Å². The molecule has 0 radical (unpaired) electrons. The lowest BCUT2D eigenvalue weighted by molar-refractivity contribution is 0.0955. The topological polar surface area (TPSA) is 65.5 Å². The molecule has 0 unspecified atom stereocenters. The number of nitrogens with one attached hydrogen (secondary N) is 3. The summed E-state index contributed by atoms with van der Waals surface area (Å²) in [5, 5.41) is 9.36. The predicted molar refractivity (Wildman–Crippen MR) is 108 cm³/mol. The number of hydrogen-bond donors (Lipinski definition) is 3. The van der Waals surface area contributed by atoms with E-state index in [0.717, 1.165) is 24.5 Å². The van der Waals surface area contributed by atoms with E-state index >= 15 is 0 Å². The lowest BCUT2D eigenvalue weighted by Crippen LogP contribution is -2.37. The van der Waals surface area contributed by atoms with E-state index in [2.05, 4.69) is 34.8 Å². The number of rotatable bonds is 7. The van der Waals surface area contributed by atoms with Crippen molar-refractivity contribution in [3.8, 4) is 0 Å². The van der Waals surface area contributed by atoms with E-state index in [1.165, 1.54) is 0 Å². The molecule has 1 aromatic rings. The van der Waals surface area contributed by atoms with E-state index in [4.69, 9.17) is 0 Å². The Morgan fingerprint density at radius 3 is 2.57 bits per heavy atom. The Kier molecular flexibility index (Phi) is 11.5. The van der Waals surface area contributed by atoms with Gasteiger partial charge in [-0.3, -0.25) is 9.79 Å². The third-order valence-corrected chi connectivity index (χ3v) is 3.22. The van der Waals surface area contributed by atoms with Crippen molar-refractivity contribution in [2.24, 2.45) is 10.9 Å². The Hall–Kier alpha value is -1.31. The summed E-state index contributed by atoms with van der Waals surface area (Å²) in [7, 11) is 1.76. The van der Waals surface area contributed by atoms with Gasteiger partial charge in [-0.05, 0) is 37.0 Å². The summed E-state index contributed by atoms with van der Waals surface area (Å²) in [5.41, 5.74) is 1.74. The molecule has 0 bridgehead atoms. The Bertz CT molecular complexity index is 503. The number of aliphatic imine (C=N–C) groups is 1. The molecule has 3 N–H and O–H groups in total. The molecule has 0 saturated heterocycles. The van der Waals surface area contributed by atoms with Crippen molar-refractivity contribution in [1.82, 2.24) is 16.0 Å². The zero-order valence-electron chi connectivity index (χ0n) is 14.5. The minimum Gasteiger partial charge on any atom is -0.356 e. The summed E-state index contributed by atoms with van der Waals surface area (Å²) in [6, 6.07) is 7.62. The van der Waals surface area contributed by atoms with Gasteiger partial charge in [-0.2, -0.15) is 0 Å². The summed E-state index contributed by atoms with van der Waals surface area (Å²) >= 11 is 0. The number of carbonyl (C=O) groups excluding carboxylic acids is 1. The van der Waals surface area contributed by atoms with E-state index in [-0.39, 0.29) is 29.9 Å². The van der Waals surface area contributed by atoms with Crippen molar-refractivity contribution in [3.05, 3.63) is 35.4 Å². The largest absolute Gasteiger partial charge is 0.356 e. The molecule has 1 rings (SSSR count). The molecule has 23 heavy (non-hydrogen) atoms. The molecule has 130 valence electrons. The first-order chi connectivity index (χ1) is 10.6. The van der Waals surface area contributed by atoms with Gasteiger partial charge in [-0.1, -0.05) is 26.0 Å². The van der Waals surface area contributed by atoms with Crippen LogP contribution in [-0.2, 0) is 6.54 Å². The van der Waals surface area contributed by atoms with Crippen LogP contribution >= 0.6 is 24.0 Å². The van der Waals surface area contributed by atoms with Gasteiger partial charge in [0.2, 0.25) is 0 Å². The number of benzene rings is 1. The Labute approximate surface area is 156 Å². The quantitative estimate of drug-likeness (QED) is 0.353. The molecular weight excluding hydrogens is 403 g/mol. The average Bonchev–Trinajstić information content (AvgIpc) is 2.51. The van der Waals surface area contributed by atoms with Crippen molar-refractivity contribution in [2.75, 3.05) is 20.1 Å². The van der Waals surface area contributed by atoms with Gasteiger partial charge in [0.15, 0.2) is 5.96 Å². The molecule has 0 aromatic heterocycles. The highest BCUT2D eigenvalue weighted by Gasteiger charge is 2.05. The number of hydrogen-bond acceptors (Lipinski definition) is 2. The summed E-state index contributed by atoms with van der Waals surface area (Å²) in [6.07, 6.45) is 1.10. The van der Waals surface area contributed by atoms with Gasteiger partial charge < -0.3 is 16.0 Å². The Balaban J connectivity index is 0.00000484. The highest BCUT2D eigenvalue weighted by atomic mass is 127. The highest BCUT2D eigenvalue weighted by molar-refractivity contribution is 14.0. The fraction of sp³-hybridized carbons (Fsp3) is 0.529. The lowest BCUT2D eigenvalue weighted by Gasteiger charge is -2.13. The number of guanidine groups is 1. The van der Waals surface area contributed by atoms with E-state index in [1.807, 2.05) is 31.2 Å². The van der Waals surface area contributed by atoms with Crippen LogP contribution in [0.15, 0.2) is 29.3 Å². The molecule has 5 nitrogen and oxygen atoms in total. The van der Waals surface area contributed by atoms with Crippen LogP contribution in [-0.4, -0.2) is 32.0 Å². The normalized spacial score (nSPS) is 10.9. The van der Waals surface area contributed by atoms with Crippen molar-refractivity contribution in [3.63, 3.8) is 0 Å². The first-order valence-electron chi connectivity index (χ1n) is 7.88. The van der Waals surface area contributed by atoms with Crippen LogP contribution < -0.4 is 16.0 Å². The second-order valence-corrected chi connectivity index (χ2v) is 5.59. The number of nitrogens with zero attached hydrogens (tertiary/aromatic N) is 1. The van der Waals surface area contributed by atoms with Crippen molar-refractivity contribution >= 4 is 35.8 Å². The number of carbonyl (C=O) groups is 1.